The van der Waals surface area contributed by atoms with Gasteiger partial charge in [0.25, 0.3) is 0 Å². The second-order valence-electron chi connectivity index (χ2n) is 3.42. The SMILES string of the molecule is CC(O)C1(Cc2ccccc2)N=N1. The Kier molecular flexibility index (Phi) is 1.88. The Morgan fingerprint density at radius 2 is 1.92 bits per heavy atom. The first kappa shape index (κ1) is 8.38. The minimum Gasteiger partial charge on any atom is -0.389 e. The third-order valence-corrected chi connectivity index (χ3v) is 2.33. The van der Waals surface area contributed by atoms with Crippen LogP contribution in [0.1, 0.15) is 12.5 Å². The lowest BCUT2D eigenvalue weighted by molar-refractivity contribution is 0.142. The lowest BCUT2D eigenvalue weighted by atomic mass is 9.99. The molecule has 0 radical (unpaired) electrons. The van der Waals surface area contributed by atoms with E-state index < -0.39 is 11.8 Å². The van der Waals surface area contributed by atoms with Gasteiger partial charge < -0.3 is 5.11 Å². The number of nitrogens with zero attached hydrogens (tertiary/aromatic N) is 2. The molecule has 0 amide bonds. The molecule has 1 aromatic rings. The van der Waals surface area contributed by atoms with Crippen LogP contribution in [0.2, 0.25) is 0 Å². The van der Waals surface area contributed by atoms with Crippen molar-refractivity contribution >= 4 is 0 Å². The highest BCUT2D eigenvalue weighted by molar-refractivity contribution is 5.20. The van der Waals surface area contributed by atoms with Crippen LogP contribution in [0.15, 0.2) is 40.6 Å². The van der Waals surface area contributed by atoms with E-state index in [1.54, 1.807) is 6.92 Å². The molecule has 68 valence electrons. The lowest BCUT2D eigenvalue weighted by Crippen LogP contribution is -2.29. The Morgan fingerprint density at radius 3 is 2.38 bits per heavy atom. The molecule has 0 spiro atoms. The first-order chi connectivity index (χ1) is 6.23. The fourth-order valence-corrected chi connectivity index (χ4v) is 1.35. The van der Waals surface area contributed by atoms with Gasteiger partial charge in [-0.05, 0) is 12.5 Å². The summed E-state index contributed by atoms with van der Waals surface area (Å²) in [5, 5.41) is 17.2. The number of hydrogen-bond donors (Lipinski definition) is 1. The van der Waals surface area contributed by atoms with Gasteiger partial charge in [-0.15, -0.1) is 0 Å². The minimum atomic E-state index is -0.540. The molecule has 0 fully saturated rings. The first-order valence-corrected chi connectivity index (χ1v) is 4.39. The highest BCUT2D eigenvalue weighted by Crippen LogP contribution is 2.35. The standard InChI is InChI=1S/C10H12N2O/c1-8(13)10(11-12-10)7-9-5-3-2-4-6-9/h2-6,8,13H,7H2,1H3. The third kappa shape index (κ3) is 1.60. The van der Waals surface area contributed by atoms with E-state index in [-0.39, 0.29) is 0 Å². The predicted octanol–water partition coefficient (Wildman–Crippen LogP) is 1.77. The largest absolute Gasteiger partial charge is 0.389 e. The average molecular weight is 176 g/mol. The molecule has 1 aliphatic heterocycles. The van der Waals surface area contributed by atoms with Crippen molar-refractivity contribution < 1.29 is 5.11 Å². The second-order valence-corrected chi connectivity index (χ2v) is 3.42. The molecule has 0 bridgehead atoms. The van der Waals surface area contributed by atoms with Crippen molar-refractivity contribution in [2.75, 3.05) is 0 Å². The first-order valence-electron chi connectivity index (χ1n) is 4.39. The molecule has 0 aliphatic carbocycles. The summed E-state index contributed by atoms with van der Waals surface area (Å²) in [6, 6.07) is 9.97. The van der Waals surface area contributed by atoms with Crippen LogP contribution < -0.4 is 0 Å². The van der Waals surface area contributed by atoms with E-state index in [9.17, 15) is 5.11 Å². The zero-order valence-corrected chi connectivity index (χ0v) is 7.51. The molecule has 1 atom stereocenters. The molecular formula is C10H12N2O. The van der Waals surface area contributed by atoms with Crippen molar-refractivity contribution in [1.82, 2.24) is 0 Å². The molecule has 1 heterocycles. The normalized spacial score (nSPS) is 19.8. The molecule has 3 heteroatoms. The molecule has 1 N–H and O–H groups in total. The Hall–Kier alpha value is -1.22. The van der Waals surface area contributed by atoms with E-state index in [4.69, 9.17) is 0 Å². The average Bonchev–Trinajstić information content (AvgIpc) is 2.87. The maximum Gasteiger partial charge on any atom is 0.220 e. The summed E-state index contributed by atoms with van der Waals surface area (Å²) in [6.07, 6.45) is 0.207. The van der Waals surface area contributed by atoms with Crippen LogP contribution in [0.25, 0.3) is 0 Å². The maximum absolute atomic E-state index is 9.42. The van der Waals surface area contributed by atoms with Gasteiger partial charge >= 0.3 is 0 Å². The monoisotopic (exact) mass is 176 g/mol. The number of benzene rings is 1. The maximum atomic E-state index is 9.42. The molecule has 3 nitrogen and oxygen atoms in total. The Morgan fingerprint density at radius 1 is 1.31 bits per heavy atom. The summed E-state index contributed by atoms with van der Waals surface area (Å²) >= 11 is 0. The third-order valence-electron chi connectivity index (χ3n) is 2.33. The van der Waals surface area contributed by atoms with Crippen molar-refractivity contribution in [3.05, 3.63) is 35.9 Å². The minimum absolute atomic E-state index is 0.493. The Labute approximate surface area is 77.1 Å². The van der Waals surface area contributed by atoms with Crippen molar-refractivity contribution in [3.63, 3.8) is 0 Å². The van der Waals surface area contributed by atoms with Crippen molar-refractivity contribution in [1.29, 1.82) is 0 Å². The molecule has 1 aliphatic rings. The van der Waals surface area contributed by atoms with Crippen LogP contribution in [0, 0.1) is 0 Å². The number of aliphatic hydroxyl groups excluding tert-OH is 1. The van der Waals surface area contributed by atoms with Gasteiger partial charge in [-0.2, -0.15) is 10.2 Å². The fraction of sp³-hybridized carbons (Fsp3) is 0.400. The second kappa shape index (κ2) is 2.92. The summed E-state index contributed by atoms with van der Waals surface area (Å²) in [5.41, 5.74) is 0.620. The quantitative estimate of drug-likeness (QED) is 0.749. The van der Waals surface area contributed by atoms with Crippen LogP contribution in [-0.2, 0) is 6.42 Å². The molecule has 0 saturated heterocycles. The van der Waals surface area contributed by atoms with Gasteiger partial charge in [0.2, 0.25) is 5.66 Å². The molecular weight excluding hydrogens is 164 g/mol. The summed E-state index contributed by atoms with van der Waals surface area (Å²) in [5.74, 6) is 0. The van der Waals surface area contributed by atoms with Gasteiger partial charge in [0, 0.05) is 6.42 Å². The van der Waals surface area contributed by atoms with Crippen LogP contribution in [-0.4, -0.2) is 16.9 Å². The summed E-state index contributed by atoms with van der Waals surface area (Å²) in [6.45, 7) is 1.73. The molecule has 1 aromatic carbocycles. The fourth-order valence-electron chi connectivity index (χ4n) is 1.35. The van der Waals surface area contributed by atoms with E-state index in [2.05, 4.69) is 10.2 Å². The lowest BCUT2D eigenvalue weighted by Gasteiger charge is -2.12. The van der Waals surface area contributed by atoms with E-state index in [1.165, 1.54) is 0 Å². The number of hydrogen-bond acceptors (Lipinski definition) is 3. The smallest absolute Gasteiger partial charge is 0.220 e. The summed E-state index contributed by atoms with van der Waals surface area (Å²) in [7, 11) is 0. The van der Waals surface area contributed by atoms with Gasteiger partial charge in [-0.1, -0.05) is 30.3 Å². The van der Waals surface area contributed by atoms with E-state index in [1.807, 2.05) is 30.3 Å². The molecule has 13 heavy (non-hydrogen) atoms. The van der Waals surface area contributed by atoms with E-state index >= 15 is 0 Å². The van der Waals surface area contributed by atoms with Gasteiger partial charge in [0.15, 0.2) is 0 Å². The Balaban J connectivity index is 2.07. The summed E-state index contributed by atoms with van der Waals surface area (Å²) < 4.78 is 0. The van der Waals surface area contributed by atoms with Crippen molar-refractivity contribution in [2.24, 2.45) is 10.2 Å². The van der Waals surface area contributed by atoms with Crippen LogP contribution in [0.5, 0.6) is 0 Å². The zero-order chi connectivity index (χ0) is 9.31. The van der Waals surface area contributed by atoms with Crippen molar-refractivity contribution in [2.45, 2.75) is 25.1 Å². The van der Waals surface area contributed by atoms with Crippen LogP contribution in [0.4, 0.5) is 0 Å². The molecule has 2 rings (SSSR count). The Bertz CT molecular complexity index is 313. The molecule has 0 aromatic heterocycles. The zero-order valence-electron chi connectivity index (χ0n) is 7.51. The topological polar surface area (TPSA) is 45.0 Å². The number of aliphatic hydroxyl groups is 1. The van der Waals surface area contributed by atoms with Gasteiger partial charge in [-0.3, -0.25) is 0 Å². The van der Waals surface area contributed by atoms with Crippen molar-refractivity contribution in [3.8, 4) is 0 Å². The van der Waals surface area contributed by atoms with Gasteiger partial charge in [-0.25, -0.2) is 0 Å². The summed E-state index contributed by atoms with van der Waals surface area (Å²) in [4.78, 5) is 0. The predicted molar refractivity (Wildman–Crippen MR) is 49.4 cm³/mol. The van der Waals surface area contributed by atoms with Crippen LogP contribution in [0.3, 0.4) is 0 Å². The number of rotatable bonds is 3. The molecule has 1 unspecified atom stereocenters. The van der Waals surface area contributed by atoms with E-state index in [0.717, 1.165) is 5.56 Å². The van der Waals surface area contributed by atoms with Gasteiger partial charge in [0.1, 0.15) is 6.10 Å². The van der Waals surface area contributed by atoms with Gasteiger partial charge in [0.05, 0.1) is 0 Å². The highest BCUT2D eigenvalue weighted by atomic mass is 16.3. The van der Waals surface area contributed by atoms with E-state index in [0.29, 0.717) is 6.42 Å². The highest BCUT2D eigenvalue weighted by Gasteiger charge is 2.45. The molecule has 0 saturated carbocycles. The van der Waals surface area contributed by atoms with Crippen LogP contribution >= 0.6 is 0 Å².